The van der Waals surface area contributed by atoms with Gasteiger partial charge in [0.15, 0.2) is 0 Å². The van der Waals surface area contributed by atoms with Crippen LogP contribution in [0.3, 0.4) is 0 Å². The predicted molar refractivity (Wildman–Crippen MR) is 110 cm³/mol. The second-order valence-corrected chi connectivity index (χ2v) is 7.33. The van der Waals surface area contributed by atoms with Gasteiger partial charge in [-0.2, -0.15) is 5.10 Å². The SMILES string of the molecule is O=C(NCc1ccc(CN2CCCCC2)cc1)c1ccc(-n2cccn2)cc1. The van der Waals surface area contributed by atoms with Crippen molar-refractivity contribution in [3.05, 3.63) is 83.7 Å². The van der Waals surface area contributed by atoms with E-state index < -0.39 is 0 Å². The number of piperidine rings is 1. The zero-order valence-corrected chi connectivity index (χ0v) is 16.1. The van der Waals surface area contributed by atoms with E-state index in [0.29, 0.717) is 12.1 Å². The van der Waals surface area contributed by atoms with Crippen LogP contribution in [0, 0.1) is 0 Å². The second kappa shape index (κ2) is 8.85. The van der Waals surface area contributed by atoms with Crippen molar-refractivity contribution in [2.24, 2.45) is 0 Å². The highest BCUT2D eigenvalue weighted by Crippen LogP contribution is 2.14. The lowest BCUT2D eigenvalue weighted by Gasteiger charge is -2.26. The van der Waals surface area contributed by atoms with Gasteiger partial charge in [0.1, 0.15) is 0 Å². The standard InChI is InChI=1S/C23H26N4O/c28-23(21-9-11-22(12-10-21)27-16-4-13-25-27)24-17-19-5-7-20(8-6-19)18-26-14-2-1-3-15-26/h4-13,16H,1-3,14-15,17-18H2,(H,24,28). The number of likely N-dealkylation sites (tertiary alicyclic amines) is 1. The van der Waals surface area contributed by atoms with Crippen molar-refractivity contribution in [1.82, 2.24) is 20.0 Å². The maximum Gasteiger partial charge on any atom is 0.251 e. The Balaban J connectivity index is 1.29. The predicted octanol–water partition coefficient (Wildman–Crippen LogP) is 3.79. The molecule has 1 fully saturated rings. The fourth-order valence-corrected chi connectivity index (χ4v) is 3.61. The van der Waals surface area contributed by atoms with Crippen molar-refractivity contribution in [3.8, 4) is 5.69 Å². The summed E-state index contributed by atoms with van der Waals surface area (Å²) in [6.07, 6.45) is 7.60. The average molecular weight is 374 g/mol. The van der Waals surface area contributed by atoms with Gasteiger partial charge in [-0.3, -0.25) is 9.69 Å². The number of hydrogen-bond donors (Lipinski definition) is 1. The van der Waals surface area contributed by atoms with E-state index in [2.05, 4.69) is 39.6 Å². The first-order chi connectivity index (χ1) is 13.8. The molecule has 0 saturated carbocycles. The van der Waals surface area contributed by atoms with Crippen LogP contribution in [0.2, 0.25) is 0 Å². The van der Waals surface area contributed by atoms with Gasteiger partial charge >= 0.3 is 0 Å². The van der Waals surface area contributed by atoms with Crippen LogP contribution >= 0.6 is 0 Å². The Hall–Kier alpha value is -2.92. The van der Waals surface area contributed by atoms with E-state index in [-0.39, 0.29) is 5.91 Å². The molecule has 2 heterocycles. The smallest absolute Gasteiger partial charge is 0.251 e. The van der Waals surface area contributed by atoms with Gasteiger partial charge in [0.2, 0.25) is 0 Å². The molecule has 0 radical (unpaired) electrons. The number of amides is 1. The second-order valence-electron chi connectivity index (χ2n) is 7.33. The van der Waals surface area contributed by atoms with Gasteiger partial charge in [-0.25, -0.2) is 4.68 Å². The lowest BCUT2D eigenvalue weighted by atomic mass is 10.1. The van der Waals surface area contributed by atoms with Crippen molar-refractivity contribution in [1.29, 1.82) is 0 Å². The molecule has 0 aliphatic carbocycles. The third-order valence-corrected chi connectivity index (χ3v) is 5.23. The Labute approximate surface area is 166 Å². The van der Waals surface area contributed by atoms with Gasteiger partial charge < -0.3 is 5.32 Å². The first-order valence-electron chi connectivity index (χ1n) is 9.96. The Morgan fingerprint density at radius 3 is 2.32 bits per heavy atom. The highest BCUT2D eigenvalue weighted by atomic mass is 16.1. The number of nitrogens with one attached hydrogen (secondary N) is 1. The van der Waals surface area contributed by atoms with Crippen LogP contribution in [-0.2, 0) is 13.1 Å². The van der Waals surface area contributed by atoms with E-state index in [1.54, 1.807) is 10.9 Å². The maximum atomic E-state index is 12.4. The molecule has 2 aromatic carbocycles. The van der Waals surface area contributed by atoms with Gasteiger partial charge in [-0.05, 0) is 67.4 Å². The van der Waals surface area contributed by atoms with Crippen LogP contribution in [0.4, 0.5) is 0 Å². The summed E-state index contributed by atoms with van der Waals surface area (Å²) in [6, 6.07) is 17.9. The van der Waals surface area contributed by atoms with Crippen molar-refractivity contribution in [2.75, 3.05) is 13.1 Å². The minimum Gasteiger partial charge on any atom is -0.348 e. The highest BCUT2D eigenvalue weighted by Gasteiger charge is 2.10. The zero-order valence-electron chi connectivity index (χ0n) is 16.1. The molecule has 0 spiro atoms. The molecule has 0 unspecified atom stereocenters. The van der Waals surface area contributed by atoms with Crippen molar-refractivity contribution < 1.29 is 4.79 Å². The summed E-state index contributed by atoms with van der Waals surface area (Å²) in [5.41, 5.74) is 4.04. The van der Waals surface area contributed by atoms with E-state index in [0.717, 1.165) is 17.8 Å². The maximum absolute atomic E-state index is 12.4. The normalized spacial score (nSPS) is 14.7. The summed E-state index contributed by atoms with van der Waals surface area (Å²) in [7, 11) is 0. The van der Waals surface area contributed by atoms with Crippen LogP contribution in [0.5, 0.6) is 0 Å². The van der Waals surface area contributed by atoms with Crippen LogP contribution in [0.25, 0.3) is 5.69 Å². The molecule has 5 nitrogen and oxygen atoms in total. The van der Waals surface area contributed by atoms with Crippen LogP contribution in [-0.4, -0.2) is 33.7 Å². The molecule has 1 N–H and O–H groups in total. The van der Waals surface area contributed by atoms with Gasteiger partial charge in [0, 0.05) is 31.0 Å². The van der Waals surface area contributed by atoms with Crippen molar-refractivity contribution in [2.45, 2.75) is 32.4 Å². The van der Waals surface area contributed by atoms with Crippen LogP contribution < -0.4 is 5.32 Å². The highest BCUT2D eigenvalue weighted by molar-refractivity contribution is 5.94. The third kappa shape index (κ3) is 4.67. The van der Waals surface area contributed by atoms with E-state index >= 15 is 0 Å². The lowest BCUT2D eigenvalue weighted by Crippen LogP contribution is -2.29. The first kappa shape index (κ1) is 18.4. The molecular weight excluding hydrogens is 348 g/mol. The number of carbonyl (C=O) groups is 1. The van der Waals surface area contributed by atoms with Crippen molar-refractivity contribution >= 4 is 5.91 Å². The van der Waals surface area contributed by atoms with Gasteiger partial charge in [0.25, 0.3) is 5.91 Å². The van der Waals surface area contributed by atoms with E-state index in [9.17, 15) is 4.79 Å². The Morgan fingerprint density at radius 2 is 1.64 bits per heavy atom. The molecule has 3 aromatic rings. The summed E-state index contributed by atoms with van der Waals surface area (Å²) in [6.45, 7) is 3.97. The van der Waals surface area contributed by atoms with Gasteiger partial charge in [0.05, 0.1) is 5.69 Å². The topological polar surface area (TPSA) is 50.2 Å². The molecule has 0 atom stereocenters. The lowest BCUT2D eigenvalue weighted by molar-refractivity contribution is 0.0951. The molecule has 28 heavy (non-hydrogen) atoms. The van der Waals surface area contributed by atoms with E-state index in [1.807, 2.05) is 36.5 Å². The quantitative estimate of drug-likeness (QED) is 0.714. The van der Waals surface area contributed by atoms with Gasteiger partial charge in [-0.1, -0.05) is 30.7 Å². The summed E-state index contributed by atoms with van der Waals surface area (Å²) in [4.78, 5) is 14.9. The molecule has 144 valence electrons. The Morgan fingerprint density at radius 1 is 0.929 bits per heavy atom. The number of aromatic nitrogens is 2. The number of carbonyl (C=O) groups excluding carboxylic acids is 1. The molecule has 4 rings (SSSR count). The number of rotatable bonds is 6. The van der Waals surface area contributed by atoms with Crippen molar-refractivity contribution in [3.63, 3.8) is 0 Å². The number of hydrogen-bond acceptors (Lipinski definition) is 3. The van der Waals surface area contributed by atoms with E-state index in [4.69, 9.17) is 0 Å². The summed E-state index contributed by atoms with van der Waals surface area (Å²) in [5.74, 6) is -0.0654. The van der Waals surface area contributed by atoms with Gasteiger partial charge in [-0.15, -0.1) is 0 Å². The molecule has 1 amide bonds. The summed E-state index contributed by atoms with van der Waals surface area (Å²) >= 11 is 0. The Kier molecular flexibility index (Phi) is 5.83. The molecule has 1 saturated heterocycles. The van der Waals surface area contributed by atoms with Crippen LogP contribution in [0.15, 0.2) is 67.0 Å². The monoisotopic (exact) mass is 374 g/mol. The minimum absolute atomic E-state index is 0.0654. The minimum atomic E-state index is -0.0654. The van der Waals surface area contributed by atoms with Crippen LogP contribution in [0.1, 0.15) is 40.7 Å². The first-order valence-corrected chi connectivity index (χ1v) is 9.96. The number of nitrogens with zero attached hydrogens (tertiary/aromatic N) is 3. The third-order valence-electron chi connectivity index (χ3n) is 5.23. The molecular formula is C23H26N4O. The number of benzene rings is 2. The molecule has 1 aromatic heterocycles. The molecule has 1 aliphatic heterocycles. The summed E-state index contributed by atoms with van der Waals surface area (Å²) < 4.78 is 1.77. The fourth-order valence-electron chi connectivity index (χ4n) is 3.61. The fraction of sp³-hybridized carbons (Fsp3) is 0.304. The Bertz CT molecular complexity index is 879. The largest absolute Gasteiger partial charge is 0.348 e. The average Bonchev–Trinajstić information content (AvgIpc) is 3.29. The molecule has 1 aliphatic rings. The van der Waals surface area contributed by atoms with E-state index in [1.165, 1.54) is 37.9 Å². The zero-order chi connectivity index (χ0) is 19.2. The summed E-state index contributed by atoms with van der Waals surface area (Å²) in [5, 5.41) is 7.19. The molecule has 5 heteroatoms. The molecule has 0 bridgehead atoms.